The average Bonchev–Trinajstić information content (AvgIpc) is 3.05. The molecule has 3 aromatic rings. The van der Waals surface area contributed by atoms with E-state index >= 15 is 0 Å². The summed E-state index contributed by atoms with van der Waals surface area (Å²) in [5.74, 6) is -2.11. The van der Waals surface area contributed by atoms with Crippen LogP contribution in [0.5, 0.6) is 0 Å². The van der Waals surface area contributed by atoms with Gasteiger partial charge in [0, 0.05) is 11.3 Å². The Morgan fingerprint density at radius 2 is 1.62 bits per heavy atom. The summed E-state index contributed by atoms with van der Waals surface area (Å²) in [5.41, 5.74) is 0.964. The van der Waals surface area contributed by atoms with Crippen molar-refractivity contribution in [3.63, 3.8) is 0 Å². The zero-order chi connectivity index (χ0) is 27.1. The van der Waals surface area contributed by atoms with Gasteiger partial charge in [-0.3, -0.25) is 14.4 Å². The van der Waals surface area contributed by atoms with Crippen LogP contribution in [0.3, 0.4) is 0 Å². The topological polar surface area (TPSA) is 78.5 Å². The third-order valence-corrected chi connectivity index (χ3v) is 6.46. The molecule has 0 unspecified atom stereocenters. The minimum atomic E-state index is -4.61. The quantitative estimate of drug-likeness (QED) is 0.350. The summed E-state index contributed by atoms with van der Waals surface area (Å²) in [4.78, 5) is 39.7. The molecule has 190 valence electrons. The highest BCUT2D eigenvalue weighted by atomic mass is 35.5. The van der Waals surface area contributed by atoms with E-state index in [-0.39, 0.29) is 32.7 Å². The summed E-state index contributed by atoms with van der Waals surface area (Å²) in [7, 11) is 0. The maximum Gasteiger partial charge on any atom is 0.416 e. The van der Waals surface area contributed by atoms with Gasteiger partial charge >= 0.3 is 6.18 Å². The molecule has 1 aliphatic rings. The standard InChI is InChI=1S/C26H18Cl2F3N3O3/c1-13-5-3-8-20(14(13)2)34-24(36)21(28)22(25(34)37)32-17-7-4-6-15(11-17)23(35)33-19-12-16(26(29,30)31)9-10-18(19)27/h3-12,32H,1-2H3,(H,33,35). The van der Waals surface area contributed by atoms with Gasteiger partial charge in [0.1, 0.15) is 10.7 Å². The number of aryl methyl sites for hydroxylation is 1. The number of carbonyl (C=O) groups is 3. The second-order valence-electron chi connectivity index (χ2n) is 8.21. The van der Waals surface area contributed by atoms with E-state index in [1.807, 2.05) is 13.0 Å². The van der Waals surface area contributed by atoms with Crippen LogP contribution in [0.4, 0.5) is 30.2 Å². The minimum Gasteiger partial charge on any atom is -0.350 e. The summed E-state index contributed by atoms with van der Waals surface area (Å²) in [6, 6.07) is 13.6. The van der Waals surface area contributed by atoms with Gasteiger partial charge in [0.15, 0.2) is 0 Å². The third-order valence-electron chi connectivity index (χ3n) is 5.78. The van der Waals surface area contributed by atoms with Gasteiger partial charge in [0.2, 0.25) is 0 Å². The van der Waals surface area contributed by atoms with E-state index in [1.165, 1.54) is 24.3 Å². The van der Waals surface area contributed by atoms with E-state index in [2.05, 4.69) is 10.6 Å². The Labute approximate surface area is 219 Å². The van der Waals surface area contributed by atoms with E-state index < -0.39 is 29.5 Å². The molecule has 1 aliphatic heterocycles. The smallest absolute Gasteiger partial charge is 0.350 e. The Kier molecular flexibility index (Phi) is 7.03. The van der Waals surface area contributed by atoms with Crippen LogP contribution in [0.25, 0.3) is 0 Å². The molecule has 3 amide bonds. The number of anilines is 3. The van der Waals surface area contributed by atoms with Gasteiger partial charge in [-0.2, -0.15) is 13.2 Å². The summed E-state index contributed by atoms with van der Waals surface area (Å²) in [5, 5.41) is 4.75. The monoisotopic (exact) mass is 547 g/mol. The normalized spacial score (nSPS) is 13.9. The molecule has 0 aliphatic carbocycles. The lowest BCUT2D eigenvalue weighted by atomic mass is 10.1. The number of nitrogens with one attached hydrogen (secondary N) is 2. The molecule has 0 fully saturated rings. The lowest BCUT2D eigenvalue weighted by Gasteiger charge is -2.18. The van der Waals surface area contributed by atoms with Gasteiger partial charge in [0.05, 0.1) is 22.0 Å². The molecule has 0 saturated heterocycles. The lowest BCUT2D eigenvalue weighted by Crippen LogP contribution is -2.33. The van der Waals surface area contributed by atoms with Gasteiger partial charge in [0.25, 0.3) is 17.7 Å². The van der Waals surface area contributed by atoms with Crippen LogP contribution in [-0.2, 0) is 15.8 Å². The Morgan fingerprint density at radius 1 is 0.919 bits per heavy atom. The Hall–Kier alpha value is -3.82. The van der Waals surface area contributed by atoms with Gasteiger partial charge < -0.3 is 10.6 Å². The van der Waals surface area contributed by atoms with Crippen molar-refractivity contribution >= 4 is 58.0 Å². The van der Waals surface area contributed by atoms with E-state index in [1.54, 1.807) is 19.1 Å². The first-order chi connectivity index (χ1) is 17.4. The Morgan fingerprint density at radius 3 is 2.32 bits per heavy atom. The SMILES string of the molecule is Cc1cccc(N2C(=O)C(Cl)=C(Nc3cccc(C(=O)Nc4cc(C(F)(F)F)ccc4Cl)c3)C2=O)c1C. The van der Waals surface area contributed by atoms with Crippen LogP contribution < -0.4 is 15.5 Å². The summed E-state index contributed by atoms with van der Waals surface area (Å²) in [6.07, 6.45) is -4.61. The first-order valence-electron chi connectivity index (χ1n) is 10.8. The molecule has 37 heavy (non-hydrogen) atoms. The van der Waals surface area contributed by atoms with Gasteiger partial charge in [-0.25, -0.2) is 4.90 Å². The highest BCUT2D eigenvalue weighted by Crippen LogP contribution is 2.35. The van der Waals surface area contributed by atoms with Crippen LogP contribution >= 0.6 is 23.2 Å². The first kappa shape index (κ1) is 26.2. The van der Waals surface area contributed by atoms with Crippen molar-refractivity contribution in [1.29, 1.82) is 0 Å². The lowest BCUT2D eigenvalue weighted by molar-refractivity contribution is -0.137. The minimum absolute atomic E-state index is 0.0540. The van der Waals surface area contributed by atoms with Crippen molar-refractivity contribution in [2.75, 3.05) is 15.5 Å². The van der Waals surface area contributed by atoms with E-state index in [0.717, 1.165) is 34.2 Å². The number of hydrogen-bond acceptors (Lipinski definition) is 4. The van der Waals surface area contributed by atoms with Crippen LogP contribution in [0, 0.1) is 13.8 Å². The fraction of sp³-hybridized carbons (Fsp3) is 0.115. The van der Waals surface area contributed by atoms with Crippen molar-refractivity contribution in [1.82, 2.24) is 0 Å². The maximum atomic E-state index is 13.1. The zero-order valence-electron chi connectivity index (χ0n) is 19.3. The molecule has 6 nitrogen and oxygen atoms in total. The van der Waals surface area contributed by atoms with Crippen molar-refractivity contribution < 1.29 is 27.6 Å². The number of carbonyl (C=O) groups excluding carboxylic acids is 3. The highest BCUT2D eigenvalue weighted by Gasteiger charge is 2.39. The van der Waals surface area contributed by atoms with Gasteiger partial charge in [-0.15, -0.1) is 0 Å². The van der Waals surface area contributed by atoms with Gasteiger partial charge in [-0.1, -0.05) is 41.4 Å². The second kappa shape index (κ2) is 9.91. The van der Waals surface area contributed by atoms with Crippen molar-refractivity contribution in [3.05, 3.63) is 98.7 Å². The van der Waals surface area contributed by atoms with E-state index in [0.29, 0.717) is 5.69 Å². The molecular weight excluding hydrogens is 530 g/mol. The van der Waals surface area contributed by atoms with Crippen molar-refractivity contribution in [2.45, 2.75) is 20.0 Å². The number of halogens is 5. The molecule has 1 heterocycles. The largest absolute Gasteiger partial charge is 0.416 e. The molecule has 0 atom stereocenters. The second-order valence-corrected chi connectivity index (χ2v) is 8.99. The first-order valence-corrected chi connectivity index (χ1v) is 11.5. The number of nitrogens with zero attached hydrogens (tertiary/aromatic N) is 1. The maximum absolute atomic E-state index is 13.1. The van der Waals surface area contributed by atoms with Crippen LogP contribution in [-0.4, -0.2) is 17.7 Å². The summed E-state index contributed by atoms with van der Waals surface area (Å²) in [6.45, 7) is 3.63. The Bertz CT molecular complexity index is 1490. The van der Waals surface area contributed by atoms with Crippen molar-refractivity contribution in [3.8, 4) is 0 Å². The number of rotatable bonds is 5. The highest BCUT2D eigenvalue weighted by molar-refractivity contribution is 6.53. The molecule has 0 saturated carbocycles. The molecule has 3 aromatic carbocycles. The van der Waals surface area contributed by atoms with E-state index in [9.17, 15) is 27.6 Å². The molecule has 0 radical (unpaired) electrons. The number of hydrogen-bond donors (Lipinski definition) is 2. The molecular formula is C26H18Cl2F3N3O3. The molecule has 0 bridgehead atoms. The summed E-state index contributed by atoms with van der Waals surface area (Å²) >= 11 is 12.2. The molecule has 0 aromatic heterocycles. The van der Waals surface area contributed by atoms with Gasteiger partial charge in [-0.05, 0) is 67.4 Å². The van der Waals surface area contributed by atoms with E-state index in [4.69, 9.17) is 23.2 Å². The van der Waals surface area contributed by atoms with Crippen LogP contribution in [0.15, 0.2) is 71.4 Å². The molecule has 11 heteroatoms. The number of amides is 3. The number of benzene rings is 3. The summed E-state index contributed by atoms with van der Waals surface area (Å²) < 4.78 is 39.1. The molecule has 0 spiro atoms. The fourth-order valence-electron chi connectivity index (χ4n) is 3.68. The van der Waals surface area contributed by atoms with Crippen molar-refractivity contribution in [2.24, 2.45) is 0 Å². The predicted molar refractivity (Wildman–Crippen MR) is 136 cm³/mol. The van der Waals surface area contributed by atoms with Crippen LogP contribution in [0.1, 0.15) is 27.0 Å². The Balaban J connectivity index is 1.57. The fourth-order valence-corrected chi connectivity index (χ4v) is 4.06. The predicted octanol–water partition coefficient (Wildman–Crippen LogP) is 6.66. The number of imide groups is 1. The third kappa shape index (κ3) is 5.19. The molecule has 4 rings (SSSR count). The molecule has 2 N–H and O–H groups in total. The van der Waals surface area contributed by atoms with Crippen LogP contribution in [0.2, 0.25) is 5.02 Å². The zero-order valence-corrected chi connectivity index (χ0v) is 20.8. The average molecular weight is 548 g/mol. The number of alkyl halides is 3.